The molecule has 0 unspecified atom stereocenters. The van der Waals surface area contributed by atoms with E-state index in [1.165, 1.54) is 6.07 Å². The van der Waals surface area contributed by atoms with Crippen LogP contribution in [0, 0.1) is 0 Å². The summed E-state index contributed by atoms with van der Waals surface area (Å²) in [6.07, 6.45) is 0. The topological polar surface area (TPSA) is 84.9 Å². The average Bonchev–Trinajstić information content (AvgIpc) is 2.77. The number of aromatic hydroxyl groups is 1. The maximum absolute atomic E-state index is 13.1. The van der Waals surface area contributed by atoms with E-state index in [2.05, 4.69) is 11.9 Å². The zero-order valence-corrected chi connectivity index (χ0v) is 17.0. The molecule has 0 heterocycles. The summed E-state index contributed by atoms with van der Waals surface area (Å²) in [5.74, 6) is -0.882. The third kappa shape index (κ3) is 4.12. The maximum Gasteiger partial charge on any atom is 0.198 e. The summed E-state index contributed by atoms with van der Waals surface area (Å²) < 4.78 is 0. The minimum absolute atomic E-state index is 0.0216. The Hall–Kier alpha value is -3.74. The van der Waals surface area contributed by atoms with E-state index < -0.39 is 0 Å². The lowest BCUT2D eigenvalue weighted by molar-refractivity contribution is -0.297. The number of phenols is 1. The number of hydrogen-bond donors (Lipinski definition) is 2. The van der Waals surface area contributed by atoms with Gasteiger partial charge >= 0.3 is 0 Å². The van der Waals surface area contributed by atoms with Crippen LogP contribution < -0.4 is 5.32 Å². The van der Waals surface area contributed by atoms with Crippen molar-refractivity contribution in [2.24, 2.45) is 0 Å². The second kappa shape index (κ2) is 8.55. The molecule has 0 fully saturated rings. The molecular weight excluding hydrogens is 394 g/mol. The highest BCUT2D eigenvalue weighted by Crippen LogP contribution is 2.37. The van der Waals surface area contributed by atoms with E-state index in [9.17, 15) is 14.7 Å². The molecule has 0 saturated heterocycles. The van der Waals surface area contributed by atoms with E-state index in [0.717, 1.165) is 16.8 Å². The molecule has 1 aliphatic rings. The highest BCUT2D eigenvalue weighted by atomic mass is 17.2. The number of hydrogen-bond acceptors (Lipinski definition) is 6. The highest BCUT2D eigenvalue weighted by Gasteiger charge is 2.33. The summed E-state index contributed by atoms with van der Waals surface area (Å²) in [5, 5.41) is 13.5. The fourth-order valence-electron chi connectivity index (χ4n) is 3.40. The van der Waals surface area contributed by atoms with Gasteiger partial charge in [0.2, 0.25) is 0 Å². The van der Waals surface area contributed by atoms with Gasteiger partial charge in [0.1, 0.15) is 19.0 Å². The Kier molecular flexibility index (Phi) is 5.66. The van der Waals surface area contributed by atoms with Gasteiger partial charge in [0.05, 0.1) is 16.8 Å². The van der Waals surface area contributed by atoms with Crippen LogP contribution in [0.2, 0.25) is 0 Å². The predicted octanol–water partition coefficient (Wildman–Crippen LogP) is 4.94. The van der Waals surface area contributed by atoms with E-state index in [0.29, 0.717) is 23.4 Å². The lowest BCUT2D eigenvalue weighted by Gasteiger charge is -2.21. The molecule has 156 valence electrons. The molecule has 0 aromatic heterocycles. The predicted molar refractivity (Wildman–Crippen MR) is 117 cm³/mol. The largest absolute Gasteiger partial charge is 0.507 e. The lowest BCUT2D eigenvalue weighted by atomic mass is 9.82. The van der Waals surface area contributed by atoms with Crippen molar-refractivity contribution in [1.82, 2.24) is 0 Å². The molecule has 2 N–H and O–H groups in total. The van der Waals surface area contributed by atoms with E-state index in [1.807, 2.05) is 31.2 Å². The second-order valence-electron chi connectivity index (χ2n) is 7.39. The van der Waals surface area contributed by atoms with Gasteiger partial charge in [-0.2, -0.15) is 0 Å². The standard InChI is InChI=1S/C25H21NO5/c1-15(2)13-30-31-14-16-7-9-17(10-8-16)26-20-11-12-21(27)23-22(20)24(28)18-5-3-4-6-19(18)25(23)29/h3-12,26-27H,1,13-14H2,2H3. The molecule has 0 radical (unpaired) electrons. The zero-order valence-electron chi connectivity index (χ0n) is 17.0. The average molecular weight is 415 g/mol. The fraction of sp³-hybridized carbons (Fsp3) is 0.120. The molecule has 6 heteroatoms. The monoisotopic (exact) mass is 415 g/mol. The Morgan fingerprint density at radius 3 is 2.19 bits per heavy atom. The van der Waals surface area contributed by atoms with Crippen molar-refractivity contribution >= 4 is 22.9 Å². The molecule has 31 heavy (non-hydrogen) atoms. The van der Waals surface area contributed by atoms with Crippen LogP contribution >= 0.6 is 0 Å². The first-order valence-electron chi connectivity index (χ1n) is 9.75. The number of rotatable bonds is 7. The molecule has 0 bridgehead atoms. The van der Waals surface area contributed by atoms with Crippen LogP contribution in [0.25, 0.3) is 0 Å². The van der Waals surface area contributed by atoms with Gasteiger partial charge in [-0.15, -0.1) is 0 Å². The first kappa shape index (κ1) is 20.5. The number of fused-ring (bicyclic) bond motifs is 2. The quantitative estimate of drug-likeness (QED) is 0.146. The molecule has 3 aromatic rings. The van der Waals surface area contributed by atoms with Gasteiger partial charge < -0.3 is 10.4 Å². The van der Waals surface area contributed by atoms with Crippen molar-refractivity contribution in [2.75, 3.05) is 11.9 Å². The molecule has 0 spiro atoms. The Bertz CT molecular complexity index is 1180. The number of phenolic OH excluding ortho intramolecular Hbond substituents is 1. The summed E-state index contributed by atoms with van der Waals surface area (Å²) in [6.45, 7) is 6.20. The SMILES string of the molecule is C=C(C)COOCc1ccc(Nc2ccc(O)c3c2C(=O)c2ccccc2C3=O)cc1. The molecule has 0 amide bonds. The number of ketones is 2. The van der Waals surface area contributed by atoms with Gasteiger partial charge in [-0.1, -0.05) is 48.6 Å². The number of carbonyl (C=O) groups excluding carboxylic acids is 2. The summed E-state index contributed by atoms with van der Waals surface area (Å²) in [5.41, 5.74) is 3.76. The van der Waals surface area contributed by atoms with E-state index in [1.54, 1.807) is 30.3 Å². The van der Waals surface area contributed by atoms with Gasteiger partial charge in [0.25, 0.3) is 0 Å². The minimum atomic E-state index is -0.367. The van der Waals surface area contributed by atoms with Crippen LogP contribution in [0.1, 0.15) is 44.3 Å². The molecule has 1 aliphatic carbocycles. The smallest absolute Gasteiger partial charge is 0.198 e. The molecular formula is C25H21NO5. The van der Waals surface area contributed by atoms with Crippen molar-refractivity contribution in [3.63, 3.8) is 0 Å². The van der Waals surface area contributed by atoms with Crippen LogP contribution in [-0.2, 0) is 16.4 Å². The fourth-order valence-corrected chi connectivity index (χ4v) is 3.40. The van der Waals surface area contributed by atoms with Gasteiger partial charge in [-0.05, 0) is 36.8 Å². The third-order valence-corrected chi connectivity index (χ3v) is 4.90. The van der Waals surface area contributed by atoms with Gasteiger partial charge in [-0.25, -0.2) is 9.78 Å². The maximum atomic E-state index is 13.1. The van der Waals surface area contributed by atoms with E-state index in [4.69, 9.17) is 9.78 Å². The Labute approximate surface area is 179 Å². The number of carbonyl (C=O) groups is 2. The summed E-state index contributed by atoms with van der Waals surface area (Å²) >= 11 is 0. The minimum Gasteiger partial charge on any atom is -0.507 e. The Balaban J connectivity index is 1.57. The van der Waals surface area contributed by atoms with Crippen molar-refractivity contribution in [3.05, 3.63) is 101 Å². The van der Waals surface area contributed by atoms with Gasteiger partial charge in [-0.3, -0.25) is 9.59 Å². The van der Waals surface area contributed by atoms with Crippen molar-refractivity contribution in [1.29, 1.82) is 0 Å². The van der Waals surface area contributed by atoms with E-state index >= 15 is 0 Å². The number of anilines is 2. The zero-order chi connectivity index (χ0) is 22.0. The first-order valence-corrected chi connectivity index (χ1v) is 9.75. The Morgan fingerprint density at radius 1 is 0.903 bits per heavy atom. The Morgan fingerprint density at radius 2 is 1.55 bits per heavy atom. The molecule has 0 atom stereocenters. The van der Waals surface area contributed by atoms with Crippen molar-refractivity contribution in [3.8, 4) is 5.75 Å². The van der Waals surface area contributed by atoms with Gasteiger partial charge in [0, 0.05) is 16.8 Å². The summed E-state index contributed by atoms with van der Waals surface area (Å²) in [6, 6.07) is 17.0. The van der Waals surface area contributed by atoms with Crippen LogP contribution in [0.4, 0.5) is 11.4 Å². The van der Waals surface area contributed by atoms with Crippen LogP contribution in [0.3, 0.4) is 0 Å². The molecule has 0 saturated carbocycles. The molecule has 4 rings (SSSR count). The molecule has 3 aromatic carbocycles. The van der Waals surface area contributed by atoms with Crippen LogP contribution in [0.5, 0.6) is 5.75 Å². The number of benzene rings is 3. The van der Waals surface area contributed by atoms with Gasteiger partial charge in [0.15, 0.2) is 11.6 Å². The molecule has 0 aliphatic heterocycles. The second-order valence-corrected chi connectivity index (χ2v) is 7.39. The van der Waals surface area contributed by atoms with E-state index in [-0.39, 0.29) is 35.0 Å². The lowest BCUT2D eigenvalue weighted by Crippen LogP contribution is -2.22. The van der Waals surface area contributed by atoms with Crippen LogP contribution in [0.15, 0.2) is 72.8 Å². The normalized spacial score (nSPS) is 12.3. The van der Waals surface area contributed by atoms with Crippen molar-refractivity contribution in [2.45, 2.75) is 13.5 Å². The third-order valence-electron chi connectivity index (χ3n) is 4.90. The highest BCUT2D eigenvalue weighted by molar-refractivity contribution is 6.31. The molecule has 6 nitrogen and oxygen atoms in total. The van der Waals surface area contributed by atoms with Crippen molar-refractivity contribution < 1.29 is 24.5 Å². The summed E-state index contributed by atoms with van der Waals surface area (Å²) in [7, 11) is 0. The summed E-state index contributed by atoms with van der Waals surface area (Å²) in [4.78, 5) is 36.2. The number of nitrogens with one attached hydrogen (secondary N) is 1. The first-order chi connectivity index (χ1) is 15.0. The van der Waals surface area contributed by atoms with Crippen LogP contribution in [-0.4, -0.2) is 23.3 Å².